The molecule has 15 heteroatoms. The van der Waals surface area contributed by atoms with Gasteiger partial charge < -0.3 is 25.0 Å². The number of thiazole rings is 1. The predicted molar refractivity (Wildman–Crippen MR) is 191 cm³/mol. The molecule has 4 rings (SSSR count). The fourth-order valence-electron chi connectivity index (χ4n) is 5.69. The molecular weight excluding hydrogens is 683 g/mol. The van der Waals surface area contributed by atoms with Crippen LogP contribution >= 0.6 is 11.3 Å². The molecule has 2 heterocycles. The highest BCUT2D eigenvalue weighted by molar-refractivity contribution is 7.89. The first-order valence-electron chi connectivity index (χ1n) is 16.3. The molecule has 2 aromatic heterocycles. The van der Waals surface area contributed by atoms with E-state index in [1.165, 1.54) is 45.6 Å². The minimum absolute atomic E-state index is 0.00594. The molecule has 3 N–H and O–H groups in total. The maximum Gasteiger partial charge on any atom is 0.332 e. The molecule has 272 valence electrons. The molecule has 0 aliphatic carbocycles. The van der Waals surface area contributed by atoms with Gasteiger partial charge in [0, 0.05) is 25.6 Å². The first-order chi connectivity index (χ1) is 23.7. The minimum atomic E-state index is -4.04. The number of carbonyl (C=O) groups excluding carboxylic acids is 1. The topological polar surface area (TPSA) is 165 Å². The Labute approximate surface area is 297 Å². The quantitative estimate of drug-likeness (QED) is 0.139. The van der Waals surface area contributed by atoms with Crippen molar-refractivity contribution in [2.75, 3.05) is 27.3 Å². The van der Waals surface area contributed by atoms with Crippen LogP contribution in [0.3, 0.4) is 0 Å². The number of aliphatic hydroxyl groups excluding tert-OH is 1. The first kappa shape index (κ1) is 38.8. The number of aromatic nitrogens is 3. The summed E-state index contributed by atoms with van der Waals surface area (Å²) >= 11 is 1.37. The van der Waals surface area contributed by atoms with Gasteiger partial charge in [0.25, 0.3) is 0 Å². The molecule has 0 fully saturated rings. The maximum absolute atomic E-state index is 14.1. The van der Waals surface area contributed by atoms with E-state index >= 15 is 0 Å². The monoisotopic (exact) mass is 729 g/mol. The van der Waals surface area contributed by atoms with Gasteiger partial charge in [0.15, 0.2) is 0 Å². The highest BCUT2D eigenvalue weighted by atomic mass is 32.2. The fraction of sp³-hybridized carbons (Fsp3) is 0.457. The second-order valence-electron chi connectivity index (χ2n) is 12.9. The Morgan fingerprint density at radius 3 is 2.32 bits per heavy atom. The van der Waals surface area contributed by atoms with Gasteiger partial charge >= 0.3 is 5.69 Å². The number of aromatic hydroxyl groups is 1. The summed E-state index contributed by atoms with van der Waals surface area (Å²) in [6, 6.07) is 13.3. The SMILES string of the molecule is COCc1nc(Cn2c(O)cn([C@H](C(=O)N[C@@H](Cc3ccccc3)[C@H](O)CN(CC(C)C)S(=O)(=O)c3ccc(OC)cc3)C(C)C)c2=O)cs1. The lowest BCUT2D eigenvalue weighted by atomic mass is 9.98. The van der Waals surface area contributed by atoms with Crippen molar-refractivity contribution in [1.82, 2.24) is 23.7 Å². The van der Waals surface area contributed by atoms with Gasteiger partial charge in [0.05, 0.1) is 49.2 Å². The minimum Gasteiger partial charge on any atom is -0.497 e. The number of sulfonamides is 1. The molecule has 0 aliphatic heterocycles. The number of hydrogen-bond acceptors (Lipinski definition) is 10. The number of nitrogens with zero attached hydrogens (tertiary/aromatic N) is 4. The van der Waals surface area contributed by atoms with Crippen molar-refractivity contribution < 1.29 is 32.9 Å². The van der Waals surface area contributed by atoms with Crippen LogP contribution in [-0.4, -0.2) is 82.4 Å². The zero-order valence-electron chi connectivity index (χ0n) is 29.2. The lowest BCUT2D eigenvalue weighted by Crippen LogP contribution is -2.53. The number of imidazole rings is 1. The number of hydrogen-bond donors (Lipinski definition) is 3. The largest absolute Gasteiger partial charge is 0.497 e. The lowest BCUT2D eigenvalue weighted by molar-refractivity contribution is -0.127. The average molecular weight is 730 g/mol. The average Bonchev–Trinajstić information content (AvgIpc) is 3.63. The standard InChI is InChI=1S/C35H47N5O8S2/c1-23(2)17-38(50(45,46)28-14-12-27(48-6)13-15-28)19-30(41)29(16-25-10-8-7-9-11-25)37-34(43)33(24(3)4)40-20-32(42)39(35(40)44)18-26-22-49-31(36-26)21-47-5/h7-15,20,22-24,29-30,33,41-42H,16-19,21H2,1-6H3,(H,37,43)/t29-,30+,33-/m0/s1. The molecule has 13 nitrogen and oxygen atoms in total. The third kappa shape index (κ3) is 9.60. The van der Waals surface area contributed by atoms with Gasteiger partial charge in [0.2, 0.25) is 21.8 Å². The van der Waals surface area contributed by atoms with Crippen molar-refractivity contribution in [2.45, 2.75) is 70.4 Å². The molecule has 0 saturated carbocycles. The Morgan fingerprint density at radius 1 is 1.04 bits per heavy atom. The van der Waals surface area contributed by atoms with Crippen molar-refractivity contribution in [3.63, 3.8) is 0 Å². The van der Waals surface area contributed by atoms with Gasteiger partial charge in [-0.3, -0.25) is 13.9 Å². The molecule has 0 radical (unpaired) electrons. The van der Waals surface area contributed by atoms with Crippen LogP contribution in [-0.2, 0) is 39.1 Å². The number of aliphatic hydroxyl groups is 1. The van der Waals surface area contributed by atoms with Gasteiger partial charge in [-0.2, -0.15) is 4.31 Å². The maximum atomic E-state index is 14.1. The number of carbonyl (C=O) groups is 1. The van der Waals surface area contributed by atoms with Crippen LogP contribution in [0.1, 0.15) is 50.0 Å². The van der Waals surface area contributed by atoms with E-state index in [0.29, 0.717) is 18.1 Å². The van der Waals surface area contributed by atoms with Crippen LogP contribution in [0.5, 0.6) is 11.6 Å². The lowest BCUT2D eigenvalue weighted by Gasteiger charge is -2.32. The molecule has 1 amide bonds. The van der Waals surface area contributed by atoms with Crippen molar-refractivity contribution in [2.24, 2.45) is 11.8 Å². The molecular formula is C35H47N5O8S2. The number of benzene rings is 2. The Morgan fingerprint density at radius 2 is 1.72 bits per heavy atom. The van der Waals surface area contributed by atoms with Crippen LogP contribution in [0.15, 0.2) is 75.9 Å². The Hall–Kier alpha value is -4.02. The van der Waals surface area contributed by atoms with E-state index in [2.05, 4.69) is 10.3 Å². The van der Waals surface area contributed by atoms with Gasteiger partial charge in [-0.1, -0.05) is 58.0 Å². The molecule has 0 spiro atoms. The number of methoxy groups -OCH3 is 2. The number of rotatable bonds is 18. The zero-order valence-corrected chi connectivity index (χ0v) is 30.9. The summed E-state index contributed by atoms with van der Waals surface area (Å²) in [7, 11) is -0.990. The number of nitrogens with one attached hydrogen (secondary N) is 1. The van der Waals surface area contributed by atoms with Gasteiger partial charge in [-0.15, -0.1) is 11.3 Å². The van der Waals surface area contributed by atoms with E-state index in [9.17, 15) is 28.2 Å². The van der Waals surface area contributed by atoms with E-state index in [1.54, 1.807) is 38.5 Å². The second kappa shape index (κ2) is 17.3. The molecule has 0 bridgehead atoms. The molecule has 50 heavy (non-hydrogen) atoms. The normalized spacial score (nSPS) is 13.9. The third-order valence-electron chi connectivity index (χ3n) is 8.12. The summed E-state index contributed by atoms with van der Waals surface area (Å²) in [6.07, 6.45) is 0.0777. The summed E-state index contributed by atoms with van der Waals surface area (Å²) in [5.74, 6) is -0.862. The van der Waals surface area contributed by atoms with E-state index in [1.807, 2.05) is 44.2 Å². The van der Waals surface area contributed by atoms with Crippen molar-refractivity contribution in [3.05, 3.63) is 92.9 Å². The molecule has 0 unspecified atom stereocenters. The molecule has 0 saturated heterocycles. The highest BCUT2D eigenvalue weighted by Gasteiger charge is 2.34. The zero-order chi connectivity index (χ0) is 36.6. The van der Waals surface area contributed by atoms with Gasteiger partial charge in [-0.05, 0) is 48.1 Å². The van der Waals surface area contributed by atoms with Crippen LogP contribution in [0, 0.1) is 11.8 Å². The summed E-state index contributed by atoms with van der Waals surface area (Å²) in [4.78, 5) is 32.2. The fourth-order valence-corrected chi connectivity index (χ4v) is 8.06. The van der Waals surface area contributed by atoms with Crippen molar-refractivity contribution in [1.29, 1.82) is 0 Å². The number of ether oxygens (including phenoxy) is 2. The molecule has 3 atom stereocenters. The van der Waals surface area contributed by atoms with Crippen LogP contribution in [0.4, 0.5) is 0 Å². The predicted octanol–water partition coefficient (Wildman–Crippen LogP) is 3.65. The van der Waals surface area contributed by atoms with E-state index in [4.69, 9.17) is 9.47 Å². The highest BCUT2D eigenvalue weighted by Crippen LogP contribution is 2.24. The first-order valence-corrected chi connectivity index (χ1v) is 18.7. The third-order valence-corrected chi connectivity index (χ3v) is 10.8. The summed E-state index contributed by atoms with van der Waals surface area (Å²) < 4.78 is 41.5. The van der Waals surface area contributed by atoms with Crippen LogP contribution in [0.25, 0.3) is 0 Å². The van der Waals surface area contributed by atoms with E-state index < -0.39 is 45.7 Å². The van der Waals surface area contributed by atoms with Gasteiger partial charge in [-0.25, -0.2) is 18.2 Å². The van der Waals surface area contributed by atoms with E-state index in [0.717, 1.165) is 15.1 Å². The Kier molecular flexibility index (Phi) is 13.4. The summed E-state index contributed by atoms with van der Waals surface area (Å²) in [5, 5.41) is 27.9. The smallest absolute Gasteiger partial charge is 0.332 e. The van der Waals surface area contributed by atoms with Crippen LogP contribution < -0.4 is 15.7 Å². The molecule has 4 aromatic rings. The van der Waals surface area contributed by atoms with Crippen molar-refractivity contribution in [3.8, 4) is 11.6 Å². The van der Waals surface area contributed by atoms with Gasteiger partial charge in [0.1, 0.15) is 16.8 Å². The number of amides is 1. The van der Waals surface area contributed by atoms with Crippen molar-refractivity contribution >= 4 is 27.3 Å². The summed E-state index contributed by atoms with van der Waals surface area (Å²) in [5.41, 5.74) is 0.763. The summed E-state index contributed by atoms with van der Waals surface area (Å²) in [6.45, 7) is 7.45. The second-order valence-corrected chi connectivity index (χ2v) is 15.8. The molecule has 0 aliphatic rings. The Bertz CT molecular complexity index is 1850. The van der Waals surface area contributed by atoms with Crippen LogP contribution in [0.2, 0.25) is 0 Å². The van der Waals surface area contributed by atoms with E-state index in [-0.39, 0.29) is 42.7 Å². The molecule has 2 aromatic carbocycles. The Balaban J connectivity index is 1.63.